The van der Waals surface area contributed by atoms with Gasteiger partial charge in [0, 0.05) is 52.2 Å². The summed E-state index contributed by atoms with van der Waals surface area (Å²) in [7, 11) is 2.28. The zero-order chi connectivity index (χ0) is 18.7. The molecule has 0 amide bonds. The second-order valence-electron chi connectivity index (χ2n) is 7.99. The van der Waals surface area contributed by atoms with Crippen molar-refractivity contribution >= 4 is 34.3 Å². The molecule has 2 aromatic heterocycles. The minimum absolute atomic E-state index is 0.509. The van der Waals surface area contributed by atoms with E-state index in [0.29, 0.717) is 12.1 Å². The lowest BCUT2D eigenvalue weighted by molar-refractivity contribution is 0.223. The third-order valence-electron chi connectivity index (χ3n) is 6.34. The number of pyridine rings is 1. The lowest BCUT2D eigenvalue weighted by Gasteiger charge is -2.32. The number of hydrogen-bond acceptors (Lipinski definition) is 2. The van der Waals surface area contributed by atoms with Crippen LogP contribution < -0.4 is 0 Å². The number of nitrogens with zero attached hydrogens (tertiary/aromatic N) is 3. The molecule has 27 heavy (non-hydrogen) atoms. The average molecular weight is 378 g/mol. The summed E-state index contributed by atoms with van der Waals surface area (Å²) >= 11 is 6.39. The Hall–Kier alpha value is -2.10. The summed E-state index contributed by atoms with van der Waals surface area (Å²) in [6, 6.07) is 11.7. The van der Waals surface area contributed by atoms with E-state index in [9.17, 15) is 0 Å². The fraction of sp³-hybridized carbons (Fsp3) is 0.348. The SMILES string of the molecule is CC(=Cc1ccc(C)nc1)n1c2c(c3cc(Cl)ccc31)C1CCC(C2)N1C. The maximum Gasteiger partial charge on any atom is 0.0532 e. The number of allylic oxidation sites excluding steroid dienone is 1. The Morgan fingerprint density at radius 2 is 2.07 bits per heavy atom. The van der Waals surface area contributed by atoms with Gasteiger partial charge in [0.15, 0.2) is 0 Å². The second-order valence-corrected chi connectivity index (χ2v) is 8.43. The first-order chi connectivity index (χ1) is 13.0. The van der Waals surface area contributed by atoms with Gasteiger partial charge in [0.1, 0.15) is 0 Å². The minimum Gasteiger partial charge on any atom is -0.317 e. The lowest BCUT2D eigenvalue weighted by atomic mass is 9.97. The fourth-order valence-corrected chi connectivity index (χ4v) is 5.19. The number of halogens is 1. The van der Waals surface area contributed by atoms with Gasteiger partial charge in [-0.1, -0.05) is 17.7 Å². The Morgan fingerprint density at radius 3 is 2.85 bits per heavy atom. The highest BCUT2D eigenvalue weighted by atomic mass is 35.5. The Bertz CT molecular complexity index is 1060. The summed E-state index contributed by atoms with van der Waals surface area (Å²) in [6.45, 7) is 4.22. The molecule has 0 spiro atoms. The van der Waals surface area contributed by atoms with Gasteiger partial charge in [0.05, 0.1) is 5.52 Å². The van der Waals surface area contributed by atoms with Gasteiger partial charge >= 0.3 is 0 Å². The molecule has 0 saturated carbocycles. The van der Waals surface area contributed by atoms with Gasteiger partial charge in [0.25, 0.3) is 0 Å². The molecule has 2 unspecified atom stereocenters. The highest BCUT2D eigenvalue weighted by Gasteiger charge is 2.40. The van der Waals surface area contributed by atoms with Gasteiger partial charge in [-0.05, 0) is 75.2 Å². The first-order valence-electron chi connectivity index (χ1n) is 9.69. The maximum atomic E-state index is 6.39. The number of likely N-dealkylation sites (N-methyl/N-ethyl adjacent to an activating group) is 1. The van der Waals surface area contributed by atoms with Crippen LogP contribution in [0, 0.1) is 6.92 Å². The molecule has 138 valence electrons. The van der Waals surface area contributed by atoms with Crippen LogP contribution in [0.3, 0.4) is 0 Å². The minimum atomic E-state index is 0.509. The fourth-order valence-electron chi connectivity index (χ4n) is 5.02. The molecular weight excluding hydrogens is 354 g/mol. The van der Waals surface area contributed by atoms with E-state index < -0.39 is 0 Å². The second kappa shape index (κ2) is 6.22. The predicted octanol–water partition coefficient (Wildman–Crippen LogP) is 5.71. The Balaban J connectivity index is 1.73. The van der Waals surface area contributed by atoms with Crippen molar-refractivity contribution in [2.75, 3.05) is 7.05 Å². The Kier molecular flexibility index (Phi) is 3.92. The third-order valence-corrected chi connectivity index (χ3v) is 6.57. The normalized spacial score (nSPS) is 22.4. The zero-order valence-electron chi connectivity index (χ0n) is 16.0. The van der Waals surface area contributed by atoms with Crippen LogP contribution >= 0.6 is 11.6 Å². The third kappa shape index (κ3) is 2.64. The highest BCUT2D eigenvalue weighted by molar-refractivity contribution is 6.31. The van der Waals surface area contributed by atoms with E-state index in [4.69, 9.17) is 11.6 Å². The molecule has 0 radical (unpaired) electrons. The van der Waals surface area contributed by atoms with Crippen LogP contribution in [-0.2, 0) is 6.42 Å². The molecule has 2 bridgehead atoms. The molecule has 0 aliphatic carbocycles. The molecule has 1 saturated heterocycles. The van der Waals surface area contributed by atoms with Gasteiger partial charge in [-0.15, -0.1) is 0 Å². The zero-order valence-corrected chi connectivity index (χ0v) is 16.8. The number of fused-ring (bicyclic) bond motifs is 6. The summed E-state index contributed by atoms with van der Waals surface area (Å²) in [4.78, 5) is 7.01. The van der Waals surface area contributed by atoms with Gasteiger partial charge in [-0.25, -0.2) is 0 Å². The molecule has 1 aromatic carbocycles. The molecule has 5 rings (SSSR count). The summed E-state index contributed by atoms with van der Waals surface area (Å²) in [6.07, 6.45) is 7.81. The molecule has 4 heteroatoms. The number of hydrogen-bond donors (Lipinski definition) is 0. The Labute approximate surface area is 165 Å². The molecular formula is C23H24ClN3. The van der Waals surface area contributed by atoms with E-state index in [-0.39, 0.29) is 0 Å². The molecule has 2 aliphatic rings. The van der Waals surface area contributed by atoms with Crippen LogP contribution in [0.15, 0.2) is 36.5 Å². The predicted molar refractivity (Wildman–Crippen MR) is 113 cm³/mol. The molecule has 2 aliphatic heterocycles. The van der Waals surface area contributed by atoms with E-state index in [1.165, 1.54) is 40.7 Å². The summed E-state index contributed by atoms with van der Waals surface area (Å²) in [5, 5.41) is 2.12. The maximum absolute atomic E-state index is 6.39. The lowest BCUT2D eigenvalue weighted by Crippen LogP contribution is -2.34. The van der Waals surface area contributed by atoms with Gasteiger partial charge in [-0.2, -0.15) is 0 Å². The molecule has 0 N–H and O–H groups in total. The van der Waals surface area contributed by atoms with E-state index in [0.717, 1.165) is 22.7 Å². The van der Waals surface area contributed by atoms with Crippen LogP contribution in [0.2, 0.25) is 5.02 Å². The Morgan fingerprint density at radius 1 is 1.22 bits per heavy atom. The molecule has 1 fully saturated rings. The largest absolute Gasteiger partial charge is 0.317 e. The van der Waals surface area contributed by atoms with Crippen molar-refractivity contribution in [2.45, 2.75) is 45.2 Å². The number of aromatic nitrogens is 2. The topological polar surface area (TPSA) is 21.1 Å². The van der Waals surface area contributed by atoms with Crippen LogP contribution in [0.4, 0.5) is 0 Å². The van der Waals surface area contributed by atoms with Crippen molar-refractivity contribution in [1.29, 1.82) is 0 Å². The summed E-state index contributed by atoms with van der Waals surface area (Å²) in [5.41, 5.74) is 7.63. The van der Waals surface area contributed by atoms with Gasteiger partial charge in [-0.3, -0.25) is 9.88 Å². The van der Waals surface area contributed by atoms with Crippen LogP contribution in [0.5, 0.6) is 0 Å². The standard InChI is InChI=1S/C23H24ClN3/c1-14-4-5-16(13-25-14)10-15(2)27-20-8-6-17(24)11-19(20)23-21-9-7-18(26(21)3)12-22(23)27/h4-6,8,10-11,13,18,21H,7,9,12H2,1-3H3. The molecule has 3 aromatic rings. The average Bonchev–Trinajstić information content (AvgIpc) is 3.07. The molecule has 4 heterocycles. The smallest absolute Gasteiger partial charge is 0.0532 e. The monoisotopic (exact) mass is 377 g/mol. The van der Waals surface area contributed by atoms with E-state index >= 15 is 0 Å². The molecule has 2 atom stereocenters. The van der Waals surface area contributed by atoms with Crippen molar-refractivity contribution in [1.82, 2.24) is 14.5 Å². The number of aryl methyl sites for hydroxylation is 1. The number of benzene rings is 1. The van der Waals surface area contributed by atoms with Crippen LogP contribution in [0.1, 0.15) is 48.3 Å². The quantitative estimate of drug-likeness (QED) is 0.570. The van der Waals surface area contributed by atoms with E-state index in [1.54, 1.807) is 0 Å². The van der Waals surface area contributed by atoms with Crippen molar-refractivity contribution in [3.05, 3.63) is 64.1 Å². The summed E-state index contributed by atoms with van der Waals surface area (Å²) < 4.78 is 2.46. The summed E-state index contributed by atoms with van der Waals surface area (Å²) in [5.74, 6) is 0. The van der Waals surface area contributed by atoms with Crippen LogP contribution in [0.25, 0.3) is 22.7 Å². The van der Waals surface area contributed by atoms with Gasteiger partial charge < -0.3 is 4.57 Å². The van der Waals surface area contributed by atoms with Crippen molar-refractivity contribution < 1.29 is 0 Å². The van der Waals surface area contributed by atoms with Gasteiger partial charge in [0.2, 0.25) is 0 Å². The van der Waals surface area contributed by atoms with Crippen molar-refractivity contribution in [2.24, 2.45) is 0 Å². The first-order valence-corrected chi connectivity index (χ1v) is 10.1. The first kappa shape index (κ1) is 17.0. The molecule has 3 nitrogen and oxygen atoms in total. The van der Waals surface area contributed by atoms with Crippen LogP contribution in [-0.4, -0.2) is 27.5 Å². The van der Waals surface area contributed by atoms with E-state index in [2.05, 4.69) is 58.8 Å². The highest BCUT2D eigenvalue weighted by Crippen LogP contribution is 2.48. The van der Waals surface area contributed by atoms with E-state index in [1.807, 2.05) is 19.2 Å². The van der Waals surface area contributed by atoms with Crippen molar-refractivity contribution in [3.8, 4) is 0 Å². The number of rotatable bonds is 2. The van der Waals surface area contributed by atoms with Crippen molar-refractivity contribution in [3.63, 3.8) is 0 Å².